The molecule has 0 spiro atoms. The first kappa shape index (κ1) is 26.3. The van der Waals surface area contributed by atoms with E-state index in [0.29, 0.717) is 13.0 Å². The van der Waals surface area contributed by atoms with E-state index < -0.39 is 5.09 Å². The molecule has 0 radical (unpaired) electrons. The summed E-state index contributed by atoms with van der Waals surface area (Å²) in [6.07, 6.45) is 8.75. The van der Waals surface area contributed by atoms with Crippen LogP contribution in [0.4, 0.5) is 0 Å². The minimum atomic E-state index is -0.735. The molecule has 0 bridgehead atoms. The summed E-state index contributed by atoms with van der Waals surface area (Å²) in [5.41, 5.74) is 3.52. The highest BCUT2D eigenvalue weighted by molar-refractivity contribution is 5.91. The highest BCUT2D eigenvalue weighted by atomic mass is 16.9. The first-order chi connectivity index (χ1) is 18.0. The number of hydrogen-bond acceptors (Lipinski definition) is 7. The number of benzene rings is 2. The van der Waals surface area contributed by atoms with Crippen LogP contribution in [0.25, 0.3) is 22.0 Å². The Labute approximate surface area is 217 Å². The average molecular weight is 512 g/mol. The molecule has 0 saturated carbocycles. The van der Waals surface area contributed by atoms with E-state index in [-0.39, 0.29) is 6.61 Å². The molecular formula is C28H35N2O7+. The molecule has 37 heavy (non-hydrogen) atoms. The molecule has 0 fully saturated rings. The number of hydrogen-bond donors (Lipinski definition) is 0. The van der Waals surface area contributed by atoms with Crippen LogP contribution >= 0.6 is 0 Å². The number of ether oxygens (including phenoxy) is 4. The molecular weight excluding hydrogens is 476 g/mol. The summed E-state index contributed by atoms with van der Waals surface area (Å²) >= 11 is 0. The van der Waals surface area contributed by atoms with Gasteiger partial charge in [-0.1, -0.05) is 25.7 Å². The van der Waals surface area contributed by atoms with Gasteiger partial charge in [-0.05, 0) is 48.1 Å². The number of rotatable bonds is 14. The molecule has 0 amide bonds. The molecule has 2 heterocycles. The predicted molar refractivity (Wildman–Crippen MR) is 139 cm³/mol. The van der Waals surface area contributed by atoms with Gasteiger partial charge in [0.15, 0.2) is 35.7 Å². The number of fused-ring (bicyclic) bond motifs is 4. The van der Waals surface area contributed by atoms with Crippen LogP contribution < -0.4 is 23.5 Å². The van der Waals surface area contributed by atoms with Crippen molar-refractivity contribution in [3.05, 3.63) is 52.2 Å². The summed E-state index contributed by atoms with van der Waals surface area (Å²) < 4.78 is 25.2. The van der Waals surface area contributed by atoms with Crippen molar-refractivity contribution in [2.75, 3.05) is 34.5 Å². The Kier molecular flexibility index (Phi) is 8.87. The largest absolute Gasteiger partial charge is 0.493 e. The first-order valence-corrected chi connectivity index (χ1v) is 12.7. The number of pyridine rings is 1. The number of unbranched alkanes of at least 4 members (excludes halogenated alkanes) is 5. The van der Waals surface area contributed by atoms with Gasteiger partial charge in [-0.2, -0.15) is 4.57 Å². The van der Waals surface area contributed by atoms with Crippen LogP contribution in [0.15, 0.2) is 36.5 Å². The van der Waals surface area contributed by atoms with Gasteiger partial charge in [-0.3, -0.25) is 0 Å². The second kappa shape index (κ2) is 12.5. The zero-order valence-electron chi connectivity index (χ0n) is 21.8. The van der Waals surface area contributed by atoms with Gasteiger partial charge in [0.1, 0.15) is 0 Å². The minimum absolute atomic E-state index is 0.173. The van der Waals surface area contributed by atoms with Crippen LogP contribution in [0.3, 0.4) is 0 Å². The Morgan fingerprint density at radius 3 is 2.24 bits per heavy atom. The van der Waals surface area contributed by atoms with Crippen molar-refractivity contribution in [1.82, 2.24) is 0 Å². The Hall–Kier alpha value is -3.75. The van der Waals surface area contributed by atoms with E-state index in [9.17, 15) is 10.1 Å². The maximum absolute atomic E-state index is 10.2. The summed E-state index contributed by atoms with van der Waals surface area (Å²) in [5.74, 6) is 2.96. The van der Waals surface area contributed by atoms with Gasteiger partial charge in [-0.15, -0.1) is 10.1 Å². The SMILES string of the molecule is COc1cc2c(cc1OC)-c1cc3ccc(OC)c(OCCCCCCCCO[N+](=O)[O-])c3c[n+]1CC2. The first-order valence-electron chi connectivity index (χ1n) is 12.7. The molecule has 9 nitrogen and oxygen atoms in total. The zero-order chi connectivity index (χ0) is 26.2. The molecule has 1 aliphatic heterocycles. The van der Waals surface area contributed by atoms with Gasteiger partial charge in [0.25, 0.3) is 5.09 Å². The average Bonchev–Trinajstić information content (AvgIpc) is 2.91. The van der Waals surface area contributed by atoms with Crippen LogP contribution in [-0.2, 0) is 17.8 Å². The topological polar surface area (TPSA) is 93.2 Å². The van der Waals surface area contributed by atoms with Crippen molar-refractivity contribution >= 4 is 10.8 Å². The quantitative estimate of drug-likeness (QED) is 0.125. The zero-order valence-corrected chi connectivity index (χ0v) is 21.8. The van der Waals surface area contributed by atoms with Crippen LogP contribution in [0.1, 0.15) is 44.1 Å². The molecule has 9 heteroatoms. The maximum atomic E-state index is 10.2. The fourth-order valence-corrected chi connectivity index (χ4v) is 4.87. The summed E-state index contributed by atoms with van der Waals surface area (Å²) in [4.78, 5) is 14.5. The summed E-state index contributed by atoms with van der Waals surface area (Å²) in [6, 6.07) is 10.4. The Bertz CT molecular complexity index is 1250. The Morgan fingerprint density at radius 1 is 0.865 bits per heavy atom. The fraction of sp³-hybridized carbons (Fsp3) is 0.464. The third-order valence-electron chi connectivity index (χ3n) is 6.79. The second-order valence-electron chi connectivity index (χ2n) is 9.09. The molecule has 0 saturated heterocycles. The van der Waals surface area contributed by atoms with Crippen molar-refractivity contribution < 1.29 is 33.4 Å². The third kappa shape index (κ3) is 6.15. The van der Waals surface area contributed by atoms with Gasteiger partial charge in [0.2, 0.25) is 5.69 Å². The molecule has 2 aromatic carbocycles. The lowest BCUT2D eigenvalue weighted by Crippen LogP contribution is -2.40. The Balaban J connectivity index is 1.45. The van der Waals surface area contributed by atoms with E-state index in [4.69, 9.17) is 18.9 Å². The summed E-state index contributed by atoms with van der Waals surface area (Å²) in [6.45, 7) is 1.63. The third-order valence-corrected chi connectivity index (χ3v) is 6.79. The number of aryl methyl sites for hydroxylation is 2. The Morgan fingerprint density at radius 2 is 1.54 bits per heavy atom. The lowest BCUT2D eigenvalue weighted by atomic mass is 9.95. The van der Waals surface area contributed by atoms with Crippen molar-refractivity contribution in [3.63, 3.8) is 0 Å². The molecule has 0 aliphatic carbocycles. The maximum Gasteiger partial charge on any atom is 0.294 e. The molecule has 1 aromatic heterocycles. The second-order valence-corrected chi connectivity index (χ2v) is 9.09. The molecule has 3 aromatic rings. The van der Waals surface area contributed by atoms with Gasteiger partial charge >= 0.3 is 0 Å². The van der Waals surface area contributed by atoms with Crippen molar-refractivity contribution in [2.24, 2.45) is 0 Å². The standard InChI is InChI=1S/C28H35N2O7/c1-33-25-11-10-20-16-24-22-18-27(35-3)26(34-2)17-21(22)12-13-29(24)19-23(20)28(25)36-14-8-6-4-5-7-9-15-37-30(31)32/h10-11,16-19H,4-9,12-15H2,1-3H3/q+1. The highest BCUT2D eigenvalue weighted by Gasteiger charge is 2.27. The minimum Gasteiger partial charge on any atom is -0.493 e. The van der Waals surface area contributed by atoms with Gasteiger partial charge in [0, 0.05) is 12.5 Å². The molecule has 198 valence electrons. The highest BCUT2D eigenvalue weighted by Crippen LogP contribution is 2.40. The lowest BCUT2D eigenvalue weighted by Gasteiger charge is -2.19. The number of nitrogens with zero attached hydrogens (tertiary/aromatic N) is 2. The van der Waals surface area contributed by atoms with E-state index in [1.807, 2.05) is 6.07 Å². The molecule has 0 atom stereocenters. The van der Waals surface area contributed by atoms with Crippen molar-refractivity contribution in [1.29, 1.82) is 0 Å². The van der Waals surface area contributed by atoms with Crippen molar-refractivity contribution in [3.8, 4) is 34.3 Å². The normalized spacial score (nSPS) is 12.0. The van der Waals surface area contributed by atoms with E-state index in [1.165, 1.54) is 5.56 Å². The monoisotopic (exact) mass is 511 g/mol. The van der Waals surface area contributed by atoms with Gasteiger partial charge in [0.05, 0.1) is 45.5 Å². The molecule has 1 aliphatic rings. The molecule has 0 unspecified atom stereocenters. The summed E-state index contributed by atoms with van der Waals surface area (Å²) in [5, 5.41) is 11.5. The van der Waals surface area contributed by atoms with Crippen LogP contribution in [-0.4, -0.2) is 39.6 Å². The van der Waals surface area contributed by atoms with E-state index >= 15 is 0 Å². The van der Waals surface area contributed by atoms with E-state index in [1.54, 1.807) is 21.3 Å². The molecule has 0 N–H and O–H groups in total. The summed E-state index contributed by atoms with van der Waals surface area (Å²) in [7, 11) is 4.99. The van der Waals surface area contributed by atoms with Crippen LogP contribution in [0.5, 0.6) is 23.0 Å². The van der Waals surface area contributed by atoms with E-state index in [0.717, 1.165) is 90.1 Å². The van der Waals surface area contributed by atoms with Gasteiger partial charge in [-0.25, -0.2) is 0 Å². The fourth-order valence-electron chi connectivity index (χ4n) is 4.87. The van der Waals surface area contributed by atoms with Crippen LogP contribution in [0.2, 0.25) is 0 Å². The van der Waals surface area contributed by atoms with Crippen LogP contribution in [0, 0.1) is 10.1 Å². The number of methoxy groups -OCH3 is 3. The van der Waals surface area contributed by atoms with E-state index in [2.05, 4.69) is 39.9 Å². The van der Waals surface area contributed by atoms with Crippen molar-refractivity contribution in [2.45, 2.75) is 51.5 Å². The predicted octanol–water partition coefficient (Wildman–Crippen LogP) is 5.30. The van der Waals surface area contributed by atoms with Gasteiger partial charge < -0.3 is 23.8 Å². The number of aromatic nitrogens is 1. The smallest absolute Gasteiger partial charge is 0.294 e. The lowest BCUT2D eigenvalue weighted by molar-refractivity contribution is -0.757. The molecule has 4 rings (SSSR count).